The standard InChI is InChI=1S/C20H19ClN2O3/c1-13(20(26)22-12-15-3-7-17(21)8-4-15)11-19(25)23-18-9-5-16(6-10-18)14(2)24/h3-11H,12H2,1-2H3,(H,22,26)(H,23,25)/b13-11-. The second-order valence-corrected chi connectivity index (χ2v) is 6.20. The average Bonchev–Trinajstić information content (AvgIpc) is 2.61. The Bertz CT molecular complexity index is 840. The van der Waals surface area contributed by atoms with Crippen LogP contribution in [-0.4, -0.2) is 17.6 Å². The van der Waals surface area contributed by atoms with Crippen LogP contribution in [-0.2, 0) is 16.1 Å². The first kappa shape index (κ1) is 19.4. The van der Waals surface area contributed by atoms with Crippen molar-refractivity contribution < 1.29 is 14.4 Å². The van der Waals surface area contributed by atoms with Crippen molar-refractivity contribution in [3.63, 3.8) is 0 Å². The maximum absolute atomic E-state index is 12.1. The first-order chi connectivity index (χ1) is 12.3. The van der Waals surface area contributed by atoms with Crippen molar-refractivity contribution in [3.8, 4) is 0 Å². The van der Waals surface area contributed by atoms with E-state index < -0.39 is 5.91 Å². The molecule has 0 aliphatic carbocycles. The summed E-state index contributed by atoms with van der Waals surface area (Å²) in [7, 11) is 0. The summed E-state index contributed by atoms with van der Waals surface area (Å²) >= 11 is 5.82. The molecule has 2 aromatic rings. The number of amides is 2. The quantitative estimate of drug-likeness (QED) is 0.600. The molecule has 6 heteroatoms. The molecular weight excluding hydrogens is 352 g/mol. The monoisotopic (exact) mass is 370 g/mol. The van der Waals surface area contributed by atoms with E-state index in [9.17, 15) is 14.4 Å². The largest absolute Gasteiger partial charge is 0.348 e. The molecule has 0 bridgehead atoms. The normalized spacial score (nSPS) is 11.0. The van der Waals surface area contributed by atoms with Gasteiger partial charge >= 0.3 is 0 Å². The minimum Gasteiger partial charge on any atom is -0.348 e. The maximum atomic E-state index is 12.1. The summed E-state index contributed by atoms with van der Waals surface area (Å²) in [5.41, 5.74) is 2.31. The molecule has 134 valence electrons. The number of hydrogen-bond acceptors (Lipinski definition) is 3. The van der Waals surface area contributed by atoms with Gasteiger partial charge in [-0.2, -0.15) is 0 Å². The Morgan fingerprint density at radius 2 is 1.58 bits per heavy atom. The van der Waals surface area contributed by atoms with Crippen molar-refractivity contribution >= 4 is 34.9 Å². The molecule has 0 unspecified atom stereocenters. The Labute approximate surface area is 157 Å². The zero-order valence-corrected chi connectivity index (χ0v) is 15.3. The summed E-state index contributed by atoms with van der Waals surface area (Å²) in [6, 6.07) is 13.7. The molecule has 0 spiro atoms. The smallest absolute Gasteiger partial charge is 0.248 e. The van der Waals surface area contributed by atoms with E-state index in [1.807, 2.05) is 12.1 Å². The summed E-state index contributed by atoms with van der Waals surface area (Å²) in [5.74, 6) is -0.794. The molecule has 26 heavy (non-hydrogen) atoms. The summed E-state index contributed by atoms with van der Waals surface area (Å²) in [5, 5.41) is 6.02. The number of hydrogen-bond donors (Lipinski definition) is 2. The number of halogens is 1. The van der Waals surface area contributed by atoms with E-state index >= 15 is 0 Å². The van der Waals surface area contributed by atoms with Gasteiger partial charge in [-0.15, -0.1) is 0 Å². The van der Waals surface area contributed by atoms with Gasteiger partial charge in [-0.05, 0) is 55.8 Å². The summed E-state index contributed by atoms with van der Waals surface area (Å²) in [6.07, 6.45) is 1.23. The van der Waals surface area contributed by atoms with Crippen LogP contribution < -0.4 is 10.6 Å². The highest BCUT2D eigenvalue weighted by Gasteiger charge is 2.07. The molecule has 2 N–H and O–H groups in total. The summed E-state index contributed by atoms with van der Waals surface area (Å²) in [6.45, 7) is 3.38. The van der Waals surface area contributed by atoms with Crippen molar-refractivity contribution in [3.05, 3.63) is 76.3 Å². The van der Waals surface area contributed by atoms with Crippen LogP contribution in [0.15, 0.2) is 60.2 Å². The lowest BCUT2D eigenvalue weighted by Crippen LogP contribution is -2.24. The Morgan fingerprint density at radius 3 is 2.15 bits per heavy atom. The highest BCUT2D eigenvalue weighted by atomic mass is 35.5. The molecule has 0 radical (unpaired) electrons. The van der Waals surface area contributed by atoms with Crippen molar-refractivity contribution in [2.75, 3.05) is 5.32 Å². The molecule has 0 heterocycles. The number of ketones is 1. The van der Waals surface area contributed by atoms with E-state index in [1.165, 1.54) is 13.0 Å². The van der Waals surface area contributed by atoms with Crippen LogP contribution >= 0.6 is 11.6 Å². The third-order valence-corrected chi connectivity index (χ3v) is 3.88. The first-order valence-electron chi connectivity index (χ1n) is 7.98. The lowest BCUT2D eigenvalue weighted by molar-refractivity contribution is -0.118. The first-order valence-corrected chi connectivity index (χ1v) is 8.36. The van der Waals surface area contributed by atoms with Gasteiger partial charge in [0.25, 0.3) is 0 Å². The summed E-state index contributed by atoms with van der Waals surface area (Å²) < 4.78 is 0. The number of Topliss-reactive ketones (excluding diaryl/α,β-unsaturated/α-hetero) is 1. The van der Waals surface area contributed by atoms with Crippen LogP contribution in [0.2, 0.25) is 5.02 Å². The van der Waals surface area contributed by atoms with E-state index in [-0.39, 0.29) is 17.3 Å². The van der Waals surface area contributed by atoms with Gasteiger partial charge in [0.1, 0.15) is 0 Å². The third-order valence-electron chi connectivity index (χ3n) is 3.63. The van der Waals surface area contributed by atoms with Gasteiger partial charge < -0.3 is 10.6 Å². The Kier molecular flexibility index (Phi) is 6.69. The molecule has 0 saturated heterocycles. The predicted octanol–water partition coefficient (Wildman–Crippen LogP) is 3.74. The van der Waals surface area contributed by atoms with E-state index in [0.717, 1.165) is 5.56 Å². The SMILES string of the molecule is CC(=O)c1ccc(NC(=O)/C=C(/C)C(=O)NCc2ccc(Cl)cc2)cc1. The lowest BCUT2D eigenvalue weighted by atomic mass is 10.1. The van der Waals surface area contributed by atoms with Crippen LogP contribution in [0.25, 0.3) is 0 Å². The maximum Gasteiger partial charge on any atom is 0.248 e. The molecule has 0 aromatic heterocycles. The Morgan fingerprint density at radius 1 is 0.962 bits per heavy atom. The minimum absolute atomic E-state index is 0.0454. The number of rotatable bonds is 6. The Balaban J connectivity index is 1.90. The van der Waals surface area contributed by atoms with E-state index in [2.05, 4.69) is 10.6 Å². The average molecular weight is 371 g/mol. The van der Waals surface area contributed by atoms with Crippen molar-refractivity contribution in [2.45, 2.75) is 20.4 Å². The molecule has 2 aromatic carbocycles. The minimum atomic E-state index is -0.417. The van der Waals surface area contributed by atoms with Crippen molar-refractivity contribution in [1.82, 2.24) is 5.32 Å². The van der Waals surface area contributed by atoms with Gasteiger partial charge in [0.15, 0.2) is 5.78 Å². The van der Waals surface area contributed by atoms with E-state index in [1.54, 1.807) is 43.3 Å². The van der Waals surface area contributed by atoms with Gasteiger partial charge in [-0.3, -0.25) is 14.4 Å². The number of carbonyl (C=O) groups is 3. The number of benzene rings is 2. The van der Waals surface area contributed by atoms with Crippen LogP contribution in [0.1, 0.15) is 29.8 Å². The van der Waals surface area contributed by atoms with Crippen LogP contribution in [0.5, 0.6) is 0 Å². The zero-order chi connectivity index (χ0) is 19.1. The molecule has 5 nitrogen and oxygen atoms in total. The van der Waals surface area contributed by atoms with Crippen LogP contribution in [0, 0.1) is 0 Å². The molecule has 0 atom stereocenters. The van der Waals surface area contributed by atoms with Gasteiger partial charge in [0, 0.05) is 34.5 Å². The molecule has 2 rings (SSSR count). The zero-order valence-electron chi connectivity index (χ0n) is 14.5. The molecule has 0 aliphatic rings. The van der Waals surface area contributed by atoms with Gasteiger partial charge in [-0.1, -0.05) is 23.7 Å². The second kappa shape index (κ2) is 8.97. The highest BCUT2D eigenvalue weighted by Crippen LogP contribution is 2.11. The molecule has 0 aliphatic heterocycles. The van der Waals surface area contributed by atoms with Crippen molar-refractivity contribution in [2.24, 2.45) is 0 Å². The Hall–Kier alpha value is -2.92. The van der Waals surface area contributed by atoms with Gasteiger partial charge in [0.05, 0.1) is 0 Å². The number of nitrogens with one attached hydrogen (secondary N) is 2. The van der Waals surface area contributed by atoms with Gasteiger partial charge in [-0.25, -0.2) is 0 Å². The highest BCUT2D eigenvalue weighted by molar-refractivity contribution is 6.30. The van der Waals surface area contributed by atoms with Crippen molar-refractivity contribution in [1.29, 1.82) is 0 Å². The van der Waals surface area contributed by atoms with Crippen LogP contribution in [0.4, 0.5) is 5.69 Å². The lowest BCUT2D eigenvalue weighted by Gasteiger charge is -2.07. The fourth-order valence-corrected chi connectivity index (χ4v) is 2.28. The fourth-order valence-electron chi connectivity index (χ4n) is 2.15. The molecule has 2 amide bonds. The molecule has 0 saturated carbocycles. The number of carbonyl (C=O) groups excluding carboxylic acids is 3. The predicted molar refractivity (Wildman–Crippen MR) is 102 cm³/mol. The number of anilines is 1. The van der Waals surface area contributed by atoms with E-state index in [4.69, 9.17) is 11.6 Å². The topological polar surface area (TPSA) is 75.3 Å². The fraction of sp³-hybridized carbons (Fsp3) is 0.150. The van der Waals surface area contributed by atoms with E-state index in [0.29, 0.717) is 22.8 Å². The van der Waals surface area contributed by atoms with Crippen LogP contribution in [0.3, 0.4) is 0 Å². The second-order valence-electron chi connectivity index (χ2n) is 5.76. The summed E-state index contributed by atoms with van der Waals surface area (Å²) in [4.78, 5) is 35.3. The molecule has 0 fully saturated rings. The third kappa shape index (κ3) is 5.86. The molecular formula is C20H19ClN2O3. The van der Waals surface area contributed by atoms with Gasteiger partial charge in [0.2, 0.25) is 11.8 Å².